The van der Waals surface area contributed by atoms with Gasteiger partial charge < -0.3 is 19.7 Å². The van der Waals surface area contributed by atoms with Gasteiger partial charge in [-0.15, -0.1) is 0 Å². The van der Waals surface area contributed by atoms with Gasteiger partial charge in [0.2, 0.25) is 0 Å². The molecule has 0 atom stereocenters. The summed E-state index contributed by atoms with van der Waals surface area (Å²) in [5.74, 6) is 1.93. The van der Waals surface area contributed by atoms with Gasteiger partial charge in [0.15, 0.2) is 0 Å². The Bertz CT molecular complexity index is 1590. The fourth-order valence-electron chi connectivity index (χ4n) is 7.73. The molecule has 5 heteroatoms. The molecule has 0 spiro atoms. The number of aryl methyl sites for hydroxylation is 1. The van der Waals surface area contributed by atoms with Crippen LogP contribution in [0.2, 0.25) is 0 Å². The Hall–Kier alpha value is -3.41. The van der Waals surface area contributed by atoms with E-state index < -0.39 is 11.4 Å². The third kappa shape index (κ3) is 12.6. The first-order valence-electron chi connectivity index (χ1n) is 20.4. The molecule has 0 saturated heterocycles. The lowest BCUT2D eigenvalue weighted by atomic mass is 9.76. The predicted octanol–water partition coefficient (Wildman–Crippen LogP) is 11.7. The van der Waals surface area contributed by atoms with E-state index in [1.54, 1.807) is 6.92 Å². The second-order valence-electron chi connectivity index (χ2n) is 17.0. The number of aliphatic hydroxyl groups excluding tert-OH is 2. The van der Waals surface area contributed by atoms with Crippen molar-refractivity contribution in [3.63, 3.8) is 0 Å². The van der Waals surface area contributed by atoms with E-state index in [1.807, 2.05) is 6.07 Å². The molecule has 290 valence electrons. The van der Waals surface area contributed by atoms with Gasteiger partial charge in [-0.3, -0.25) is 0 Å². The molecule has 0 aliphatic heterocycles. The van der Waals surface area contributed by atoms with Crippen molar-refractivity contribution in [2.45, 2.75) is 131 Å². The van der Waals surface area contributed by atoms with E-state index in [-0.39, 0.29) is 25.2 Å². The van der Waals surface area contributed by atoms with Gasteiger partial charge in [0.25, 0.3) is 0 Å². The normalized spacial score (nSPS) is 16.4. The molecule has 3 aromatic rings. The molecular formula is C48H68O5. The minimum absolute atomic E-state index is 0.0916. The predicted molar refractivity (Wildman–Crippen MR) is 220 cm³/mol. The van der Waals surface area contributed by atoms with Crippen LogP contribution in [-0.4, -0.2) is 42.6 Å². The molecule has 4 rings (SSSR count). The van der Waals surface area contributed by atoms with Crippen molar-refractivity contribution in [2.75, 3.05) is 26.4 Å². The van der Waals surface area contributed by atoms with Crippen LogP contribution in [0.1, 0.15) is 135 Å². The van der Waals surface area contributed by atoms with Crippen LogP contribution in [0, 0.1) is 16.7 Å². The van der Waals surface area contributed by atoms with Crippen molar-refractivity contribution in [1.82, 2.24) is 0 Å². The standard InChI is InChI=1S/C48H68O5/c1-8-10-11-12-36-13-15-38(16-14-36)39-17-19-40(20-18-39)41-21-23-44(37(9-2)31-41)42-22-24-45(43(32-42)25-29-53-46(51)35(3)4)52-30-28-48(33-49,34-50)27-26-47(5,6)7/h17-24,31-32,36,38,49-50H,3,8-16,25-30,33-34H2,1-2,4-7H3. The van der Waals surface area contributed by atoms with E-state index in [9.17, 15) is 15.0 Å². The van der Waals surface area contributed by atoms with Crippen LogP contribution >= 0.6 is 0 Å². The molecule has 0 amide bonds. The number of benzene rings is 3. The minimum atomic E-state index is -0.602. The van der Waals surface area contributed by atoms with E-state index >= 15 is 0 Å². The average molecular weight is 725 g/mol. The Morgan fingerprint density at radius 2 is 1.45 bits per heavy atom. The average Bonchev–Trinajstić information content (AvgIpc) is 3.16. The van der Waals surface area contributed by atoms with E-state index in [0.29, 0.717) is 30.9 Å². The first-order valence-corrected chi connectivity index (χ1v) is 20.4. The van der Waals surface area contributed by atoms with Gasteiger partial charge in [-0.2, -0.15) is 0 Å². The van der Waals surface area contributed by atoms with Gasteiger partial charge in [0.1, 0.15) is 5.75 Å². The van der Waals surface area contributed by atoms with Crippen LogP contribution in [0.3, 0.4) is 0 Å². The fourth-order valence-corrected chi connectivity index (χ4v) is 7.73. The smallest absolute Gasteiger partial charge is 0.333 e. The third-order valence-corrected chi connectivity index (χ3v) is 11.6. The molecule has 3 aromatic carbocycles. The summed E-state index contributed by atoms with van der Waals surface area (Å²) in [7, 11) is 0. The molecule has 5 nitrogen and oxygen atoms in total. The first kappa shape index (κ1) is 42.3. The van der Waals surface area contributed by atoms with Crippen LogP contribution in [0.15, 0.2) is 72.8 Å². The van der Waals surface area contributed by atoms with Gasteiger partial charge in [0.05, 0.1) is 26.4 Å². The Kier molecular flexibility index (Phi) is 16.2. The van der Waals surface area contributed by atoms with Gasteiger partial charge in [0, 0.05) is 17.4 Å². The lowest BCUT2D eigenvalue weighted by Crippen LogP contribution is -2.33. The molecular weight excluding hydrogens is 657 g/mol. The summed E-state index contributed by atoms with van der Waals surface area (Å²) in [4.78, 5) is 12.2. The highest BCUT2D eigenvalue weighted by Gasteiger charge is 2.31. The van der Waals surface area contributed by atoms with Crippen LogP contribution in [-0.2, 0) is 22.4 Å². The Morgan fingerprint density at radius 3 is 2.08 bits per heavy atom. The molecule has 0 aromatic heterocycles. The number of ether oxygens (including phenoxy) is 2. The highest BCUT2D eigenvalue weighted by Crippen LogP contribution is 2.39. The highest BCUT2D eigenvalue weighted by molar-refractivity contribution is 5.86. The maximum absolute atomic E-state index is 12.2. The minimum Gasteiger partial charge on any atom is -0.493 e. The number of unbranched alkanes of at least 4 members (excludes halogenated alkanes) is 2. The van der Waals surface area contributed by atoms with Crippen molar-refractivity contribution in [3.8, 4) is 28.0 Å². The fraction of sp³-hybridized carbons (Fsp3) is 0.562. The summed E-state index contributed by atoms with van der Waals surface area (Å²) < 4.78 is 11.8. The van der Waals surface area contributed by atoms with Crippen molar-refractivity contribution in [3.05, 3.63) is 89.5 Å². The summed E-state index contributed by atoms with van der Waals surface area (Å²) in [6.07, 6.45) is 14.4. The van der Waals surface area contributed by atoms with Crippen LogP contribution in [0.4, 0.5) is 0 Å². The molecule has 1 aliphatic carbocycles. The number of hydrogen-bond donors (Lipinski definition) is 2. The number of aliphatic hydroxyl groups is 2. The summed E-state index contributed by atoms with van der Waals surface area (Å²) in [5.41, 5.74) is 8.33. The number of esters is 1. The second kappa shape index (κ2) is 20.3. The Balaban J connectivity index is 1.50. The SMILES string of the molecule is C=C(C)C(=O)OCCc1cc(-c2ccc(-c3ccc(C4CCC(CCCCC)CC4)cc3)cc2CC)ccc1OCCC(CO)(CO)CCC(C)(C)C. The molecule has 1 fully saturated rings. The van der Waals surface area contributed by atoms with Crippen molar-refractivity contribution < 1.29 is 24.5 Å². The number of hydrogen-bond acceptors (Lipinski definition) is 5. The van der Waals surface area contributed by atoms with Gasteiger partial charge >= 0.3 is 5.97 Å². The largest absolute Gasteiger partial charge is 0.493 e. The number of rotatable bonds is 20. The zero-order valence-corrected chi connectivity index (χ0v) is 33.8. The van der Waals surface area contributed by atoms with E-state index in [4.69, 9.17) is 9.47 Å². The zero-order chi connectivity index (χ0) is 38.4. The molecule has 1 aliphatic rings. The van der Waals surface area contributed by atoms with E-state index in [0.717, 1.165) is 42.1 Å². The topological polar surface area (TPSA) is 76.0 Å². The van der Waals surface area contributed by atoms with Crippen LogP contribution < -0.4 is 4.74 Å². The zero-order valence-electron chi connectivity index (χ0n) is 33.8. The highest BCUT2D eigenvalue weighted by atomic mass is 16.5. The van der Waals surface area contributed by atoms with Crippen molar-refractivity contribution in [2.24, 2.45) is 16.7 Å². The van der Waals surface area contributed by atoms with Gasteiger partial charge in [-0.25, -0.2) is 4.79 Å². The molecule has 0 unspecified atom stereocenters. The van der Waals surface area contributed by atoms with Gasteiger partial charge in [-0.1, -0.05) is 115 Å². The monoisotopic (exact) mass is 725 g/mol. The number of carbonyl (C=O) groups excluding carboxylic acids is 1. The summed E-state index contributed by atoms with van der Waals surface area (Å²) in [6, 6.07) is 22.4. The summed E-state index contributed by atoms with van der Waals surface area (Å²) >= 11 is 0. The quantitative estimate of drug-likeness (QED) is 0.0689. The maximum atomic E-state index is 12.2. The van der Waals surface area contributed by atoms with E-state index in [1.165, 1.54) is 79.2 Å². The maximum Gasteiger partial charge on any atom is 0.333 e. The molecule has 0 radical (unpaired) electrons. The Labute approximate surface area is 321 Å². The van der Waals surface area contributed by atoms with Crippen molar-refractivity contribution >= 4 is 5.97 Å². The van der Waals surface area contributed by atoms with Gasteiger partial charge in [-0.05, 0) is 127 Å². The molecule has 0 heterocycles. The summed E-state index contributed by atoms with van der Waals surface area (Å²) in [5, 5.41) is 20.5. The molecule has 0 bridgehead atoms. The second-order valence-corrected chi connectivity index (χ2v) is 17.0. The van der Waals surface area contributed by atoms with E-state index in [2.05, 4.69) is 95.8 Å². The molecule has 1 saturated carbocycles. The summed E-state index contributed by atoms with van der Waals surface area (Å²) in [6.45, 7) is 16.8. The number of carbonyl (C=O) groups is 1. The van der Waals surface area contributed by atoms with Crippen LogP contribution in [0.25, 0.3) is 22.3 Å². The van der Waals surface area contributed by atoms with Crippen molar-refractivity contribution in [1.29, 1.82) is 0 Å². The first-order chi connectivity index (χ1) is 25.4. The third-order valence-electron chi connectivity index (χ3n) is 11.6. The van der Waals surface area contributed by atoms with Crippen LogP contribution in [0.5, 0.6) is 5.75 Å². The lowest BCUT2D eigenvalue weighted by Gasteiger charge is -2.32. The lowest BCUT2D eigenvalue weighted by molar-refractivity contribution is -0.138. The molecule has 53 heavy (non-hydrogen) atoms. The molecule has 2 N–H and O–H groups in total. The Morgan fingerprint density at radius 1 is 0.792 bits per heavy atom.